The molecule has 1 aromatic heterocycles. The van der Waals surface area contributed by atoms with Gasteiger partial charge in [0.1, 0.15) is 5.69 Å². The topological polar surface area (TPSA) is 75.1 Å². The SMILES string of the molecule is O=C(Cc1ccc2ccccc2c1)Nc1ncc(-c2ccc(CO)cc2)nc1C=Cc1ccccc1. The van der Waals surface area contributed by atoms with Crippen LogP contribution in [0.5, 0.6) is 0 Å². The van der Waals surface area contributed by atoms with Gasteiger partial charge in [-0.3, -0.25) is 4.79 Å². The van der Waals surface area contributed by atoms with Crippen LogP contribution in [0.4, 0.5) is 5.82 Å². The first kappa shape index (κ1) is 23.1. The number of aliphatic hydroxyl groups excluding tert-OH is 1. The highest BCUT2D eigenvalue weighted by atomic mass is 16.3. The van der Waals surface area contributed by atoms with Crippen LogP contribution in [0.3, 0.4) is 0 Å². The number of hydrogen-bond donors (Lipinski definition) is 2. The molecule has 2 N–H and O–H groups in total. The van der Waals surface area contributed by atoms with Crippen molar-refractivity contribution in [3.05, 3.63) is 126 Å². The Balaban J connectivity index is 1.42. The van der Waals surface area contributed by atoms with Crippen molar-refractivity contribution < 1.29 is 9.90 Å². The Morgan fingerprint density at radius 1 is 0.806 bits per heavy atom. The zero-order valence-corrected chi connectivity index (χ0v) is 19.6. The number of nitrogens with zero attached hydrogens (tertiary/aromatic N) is 2. The minimum absolute atomic E-state index is 0.0147. The van der Waals surface area contributed by atoms with Crippen molar-refractivity contribution in [1.29, 1.82) is 0 Å². The van der Waals surface area contributed by atoms with Crippen LogP contribution in [-0.4, -0.2) is 21.0 Å². The summed E-state index contributed by atoms with van der Waals surface area (Å²) in [4.78, 5) is 22.3. The molecule has 5 heteroatoms. The highest BCUT2D eigenvalue weighted by molar-refractivity contribution is 5.94. The van der Waals surface area contributed by atoms with Gasteiger partial charge >= 0.3 is 0 Å². The molecule has 176 valence electrons. The number of nitrogens with one attached hydrogen (secondary N) is 1. The highest BCUT2D eigenvalue weighted by Crippen LogP contribution is 2.23. The van der Waals surface area contributed by atoms with Gasteiger partial charge in [-0.05, 0) is 33.5 Å². The maximum absolute atomic E-state index is 12.9. The van der Waals surface area contributed by atoms with E-state index in [1.807, 2.05) is 103 Å². The van der Waals surface area contributed by atoms with Gasteiger partial charge in [0.2, 0.25) is 5.91 Å². The second-order valence-electron chi connectivity index (χ2n) is 8.49. The van der Waals surface area contributed by atoms with Crippen molar-refractivity contribution in [2.45, 2.75) is 13.0 Å². The fourth-order valence-corrected chi connectivity index (χ4v) is 3.99. The molecule has 0 aliphatic carbocycles. The largest absolute Gasteiger partial charge is 0.392 e. The summed E-state index contributed by atoms with van der Waals surface area (Å²) in [7, 11) is 0. The summed E-state index contributed by atoms with van der Waals surface area (Å²) in [5.41, 5.74) is 4.90. The summed E-state index contributed by atoms with van der Waals surface area (Å²) < 4.78 is 0. The lowest BCUT2D eigenvalue weighted by molar-refractivity contribution is -0.115. The Labute approximate surface area is 209 Å². The van der Waals surface area contributed by atoms with Crippen LogP contribution in [0.2, 0.25) is 0 Å². The van der Waals surface area contributed by atoms with Crippen molar-refractivity contribution >= 4 is 34.6 Å². The van der Waals surface area contributed by atoms with E-state index < -0.39 is 0 Å². The normalized spacial score (nSPS) is 11.1. The molecule has 0 aliphatic rings. The average Bonchev–Trinajstić information content (AvgIpc) is 2.93. The lowest BCUT2D eigenvalue weighted by Crippen LogP contribution is -2.16. The standard InChI is InChI=1S/C31H25N3O2/c35-21-23-10-15-26(16-11-23)29-20-32-31(28(33-29)17-13-22-6-2-1-3-7-22)34-30(36)19-24-12-14-25-8-4-5-9-27(25)18-24/h1-18,20,35H,19,21H2,(H,32,34,36). The number of carbonyl (C=O) groups excluding carboxylic acids is 1. The number of aromatic nitrogens is 2. The highest BCUT2D eigenvalue weighted by Gasteiger charge is 2.12. The number of fused-ring (bicyclic) bond motifs is 1. The smallest absolute Gasteiger partial charge is 0.230 e. The van der Waals surface area contributed by atoms with Crippen molar-refractivity contribution in [1.82, 2.24) is 9.97 Å². The van der Waals surface area contributed by atoms with Gasteiger partial charge in [-0.15, -0.1) is 0 Å². The number of hydrogen-bond acceptors (Lipinski definition) is 4. The van der Waals surface area contributed by atoms with Gasteiger partial charge in [0.15, 0.2) is 5.82 Å². The molecule has 0 saturated carbocycles. The van der Waals surface area contributed by atoms with Gasteiger partial charge in [-0.25, -0.2) is 9.97 Å². The minimum atomic E-state index is -0.158. The summed E-state index contributed by atoms with van der Waals surface area (Å²) in [5, 5.41) is 14.5. The van der Waals surface area contributed by atoms with Crippen LogP contribution in [0.25, 0.3) is 34.2 Å². The van der Waals surface area contributed by atoms with Crippen LogP contribution >= 0.6 is 0 Å². The van der Waals surface area contributed by atoms with E-state index in [9.17, 15) is 9.90 Å². The van der Waals surface area contributed by atoms with Crippen molar-refractivity contribution in [2.75, 3.05) is 5.32 Å². The van der Waals surface area contributed by atoms with E-state index in [1.165, 1.54) is 0 Å². The molecule has 5 rings (SSSR count). The number of anilines is 1. The molecule has 1 heterocycles. The Hall–Kier alpha value is -4.61. The van der Waals surface area contributed by atoms with Gasteiger partial charge in [0.05, 0.1) is 24.9 Å². The molecule has 5 aromatic rings. The lowest BCUT2D eigenvalue weighted by atomic mass is 10.0. The average molecular weight is 472 g/mol. The zero-order chi connectivity index (χ0) is 24.7. The first-order chi connectivity index (χ1) is 17.7. The molecule has 0 unspecified atom stereocenters. The second kappa shape index (κ2) is 10.8. The third-order valence-corrected chi connectivity index (χ3v) is 5.90. The second-order valence-corrected chi connectivity index (χ2v) is 8.49. The summed E-state index contributed by atoms with van der Waals surface area (Å²) in [5.74, 6) is 0.248. The maximum Gasteiger partial charge on any atom is 0.230 e. The molecule has 0 atom stereocenters. The van der Waals surface area contributed by atoms with Gasteiger partial charge in [0.25, 0.3) is 0 Å². The van der Waals surface area contributed by atoms with Gasteiger partial charge in [-0.2, -0.15) is 0 Å². The molecule has 0 radical (unpaired) electrons. The monoisotopic (exact) mass is 471 g/mol. The number of benzene rings is 4. The third-order valence-electron chi connectivity index (χ3n) is 5.90. The van der Waals surface area contributed by atoms with Crippen LogP contribution in [0, 0.1) is 0 Å². The fourth-order valence-electron chi connectivity index (χ4n) is 3.99. The molecule has 0 aliphatic heterocycles. The molecule has 0 saturated heterocycles. The minimum Gasteiger partial charge on any atom is -0.392 e. The van der Waals surface area contributed by atoms with E-state index >= 15 is 0 Å². The van der Waals surface area contributed by atoms with E-state index in [0.717, 1.165) is 33.0 Å². The van der Waals surface area contributed by atoms with E-state index in [4.69, 9.17) is 4.98 Å². The van der Waals surface area contributed by atoms with Crippen LogP contribution in [-0.2, 0) is 17.8 Å². The quantitative estimate of drug-likeness (QED) is 0.299. The number of aliphatic hydroxyl groups is 1. The third kappa shape index (κ3) is 5.54. The molecule has 1 amide bonds. The summed E-state index contributed by atoms with van der Waals surface area (Å²) in [6, 6.07) is 31.6. The Bertz CT molecular complexity index is 1530. The first-order valence-corrected chi connectivity index (χ1v) is 11.8. The molecular formula is C31H25N3O2. The van der Waals surface area contributed by atoms with Crippen LogP contribution < -0.4 is 5.32 Å². The summed E-state index contributed by atoms with van der Waals surface area (Å²) in [6.45, 7) is -0.0147. The molecule has 0 spiro atoms. The summed E-state index contributed by atoms with van der Waals surface area (Å²) >= 11 is 0. The van der Waals surface area contributed by atoms with Crippen molar-refractivity contribution in [3.63, 3.8) is 0 Å². The predicted octanol–water partition coefficient (Wildman–Crippen LogP) is 6.14. The predicted molar refractivity (Wildman–Crippen MR) is 145 cm³/mol. The van der Waals surface area contributed by atoms with Gasteiger partial charge < -0.3 is 10.4 Å². The van der Waals surface area contributed by atoms with E-state index in [0.29, 0.717) is 17.2 Å². The molecule has 36 heavy (non-hydrogen) atoms. The van der Waals surface area contributed by atoms with E-state index in [2.05, 4.69) is 16.4 Å². The Morgan fingerprint density at radius 3 is 2.31 bits per heavy atom. The van der Waals surface area contributed by atoms with E-state index in [1.54, 1.807) is 6.20 Å². The van der Waals surface area contributed by atoms with Crippen molar-refractivity contribution in [2.24, 2.45) is 0 Å². The molecule has 4 aromatic carbocycles. The fraction of sp³-hybridized carbons (Fsp3) is 0.0645. The molecule has 0 fully saturated rings. The first-order valence-electron chi connectivity index (χ1n) is 11.8. The Morgan fingerprint density at radius 2 is 1.53 bits per heavy atom. The molecular weight excluding hydrogens is 446 g/mol. The summed E-state index contributed by atoms with van der Waals surface area (Å²) in [6.07, 6.45) is 5.69. The number of rotatable bonds is 7. The lowest BCUT2D eigenvalue weighted by Gasteiger charge is -2.10. The number of carbonyl (C=O) groups is 1. The van der Waals surface area contributed by atoms with Gasteiger partial charge in [0, 0.05) is 5.56 Å². The Kier molecular flexibility index (Phi) is 6.92. The van der Waals surface area contributed by atoms with E-state index in [-0.39, 0.29) is 18.9 Å². The van der Waals surface area contributed by atoms with Crippen molar-refractivity contribution in [3.8, 4) is 11.3 Å². The maximum atomic E-state index is 12.9. The van der Waals surface area contributed by atoms with Gasteiger partial charge in [-0.1, -0.05) is 103 Å². The molecule has 5 nitrogen and oxygen atoms in total. The molecule has 0 bridgehead atoms. The van der Waals surface area contributed by atoms with Crippen LogP contribution in [0.15, 0.2) is 103 Å². The zero-order valence-electron chi connectivity index (χ0n) is 19.6. The van der Waals surface area contributed by atoms with Crippen LogP contribution in [0.1, 0.15) is 22.4 Å². The number of amides is 1.